The van der Waals surface area contributed by atoms with E-state index in [-0.39, 0.29) is 17.6 Å². The molecule has 0 aromatic heterocycles. The fourth-order valence-corrected chi connectivity index (χ4v) is 3.83. The third kappa shape index (κ3) is 6.38. The van der Waals surface area contributed by atoms with Crippen LogP contribution >= 0.6 is 23.4 Å². The van der Waals surface area contributed by atoms with Crippen LogP contribution in [0.3, 0.4) is 0 Å². The van der Waals surface area contributed by atoms with Crippen molar-refractivity contribution in [2.45, 2.75) is 12.3 Å². The highest BCUT2D eigenvalue weighted by Gasteiger charge is 2.13. The predicted molar refractivity (Wildman–Crippen MR) is 120 cm³/mol. The van der Waals surface area contributed by atoms with Crippen molar-refractivity contribution in [2.75, 3.05) is 11.1 Å². The lowest BCUT2D eigenvalue weighted by atomic mass is 10.1. The lowest BCUT2D eigenvalue weighted by Gasteiger charge is -2.12. The number of anilines is 1. The van der Waals surface area contributed by atoms with Crippen molar-refractivity contribution in [1.82, 2.24) is 5.32 Å². The summed E-state index contributed by atoms with van der Waals surface area (Å²) in [4.78, 5) is 24.9. The van der Waals surface area contributed by atoms with Gasteiger partial charge in [0.1, 0.15) is 0 Å². The van der Waals surface area contributed by atoms with Gasteiger partial charge in [0.05, 0.1) is 17.0 Å². The standard InChI is InChI=1S/C23H21ClN2O2S/c24-20-12-6-4-10-18(20)15-29-16-22(27)26-21-13-7-5-11-19(21)23(28)25-14-17-8-2-1-3-9-17/h1-13H,14-16H2,(H,25,28)(H,26,27). The first kappa shape index (κ1) is 21.0. The minimum absolute atomic E-state index is 0.162. The Morgan fingerprint density at radius 3 is 2.34 bits per heavy atom. The van der Waals surface area contributed by atoms with Gasteiger partial charge in [-0.15, -0.1) is 11.8 Å². The van der Waals surface area contributed by atoms with Gasteiger partial charge in [-0.1, -0.05) is 72.3 Å². The Hall–Kier alpha value is -2.76. The van der Waals surface area contributed by atoms with Gasteiger partial charge < -0.3 is 10.6 Å². The van der Waals surface area contributed by atoms with E-state index in [1.54, 1.807) is 24.3 Å². The van der Waals surface area contributed by atoms with Crippen LogP contribution in [0.15, 0.2) is 78.9 Å². The molecule has 3 rings (SSSR count). The van der Waals surface area contributed by atoms with Crippen LogP contribution in [0.4, 0.5) is 5.69 Å². The Kier molecular flexibility index (Phi) is 7.73. The van der Waals surface area contributed by atoms with Crippen molar-refractivity contribution >= 4 is 40.9 Å². The van der Waals surface area contributed by atoms with Crippen molar-refractivity contribution in [1.29, 1.82) is 0 Å². The molecule has 0 saturated heterocycles. The topological polar surface area (TPSA) is 58.2 Å². The Bertz CT molecular complexity index is 979. The minimum atomic E-state index is -0.228. The number of carbonyl (C=O) groups excluding carboxylic acids is 2. The predicted octanol–water partition coefficient (Wildman–Crippen LogP) is 5.14. The monoisotopic (exact) mass is 424 g/mol. The average Bonchev–Trinajstić information content (AvgIpc) is 2.74. The van der Waals surface area contributed by atoms with Gasteiger partial charge in [-0.05, 0) is 29.3 Å². The molecular weight excluding hydrogens is 404 g/mol. The molecule has 0 aliphatic rings. The molecule has 2 N–H and O–H groups in total. The van der Waals surface area contributed by atoms with E-state index in [1.807, 2.05) is 54.6 Å². The fourth-order valence-electron chi connectivity index (χ4n) is 2.72. The van der Waals surface area contributed by atoms with E-state index >= 15 is 0 Å². The number of para-hydroxylation sites is 1. The molecule has 0 radical (unpaired) electrons. The van der Waals surface area contributed by atoms with E-state index in [4.69, 9.17) is 11.6 Å². The third-order valence-electron chi connectivity index (χ3n) is 4.19. The Morgan fingerprint density at radius 2 is 1.55 bits per heavy atom. The molecular formula is C23H21ClN2O2S. The van der Waals surface area contributed by atoms with E-state index < -0.39 is 0 Å². The zero-order chi connectivity index (χ0) is 20.5. The van der Waals surface area contributed by atoms with Crippen molar-refractivity contribution in [3.63, 3.8) is 0 Å². The number of thioether (sulfide) groups is 1. The molecule has 0 aliphatic carbocycles. The van der Waals surface area contributed by atoms with Crippen molar-refractivity contribution in [2.24, 2.45) is 0 Å². The number of carbonyl (C=O) groups is 2. The molecule has 3 aromatic rings. The fraction of sp³-hybridized carbons (Fsp3) is 0.130. The van der Waals surface area contributed by atoms with Gasteiger partial charge in [0.25, 0.3) is 5.91 Å². The molecule has 0 heterocycles. The van der Waals surface area contributed by atoms with Crippen LogP contribution in [0.2, 0.25) is 5.02 Å². The molecule has 2 amide bonds. The zero-order valence-corrected chi connectivity index (χ0v) is 17.3. The highest BCUT2D eigenvalue weighted by Crippen LogP contribution is 2.21. The molecule has 0 saturated carbocycles. The highest BCUT2D eigenvalue weighted by molar-refractivity contribution is 7.99. The van der Waals surface area contributed by atoms with Gasteiger partial charge in [-0.3, -0.25) is 9.59 Å². The summed E-state index contributed by atoms with van der Waals surface area (Å²) >= 11 is 7.61. The lowest BCUT2D eigenvalue weighted by Crippen LogP contribution is -2.25. The Labute approximate surface area is 179 Å². The molecule has 0 fully saturated rings. The molecule has 0 aliphatic heterocycles. The maximum Gasteiger partial charge on any atom is 0.253 e. The molecule has 0 atom stereocenters. The normalized spacial score (nSPS) is 10.4. The van der Waals surface area contributed by atoms with Crippen molar-refractivity contribution in [3.8, 4) is 0 Å². The summed E-state index contributed by atoms with van der Waals surface area (Å²) in [6.07, 6.45) is 0. The first-order valence-electron chi connectivity index (χ1n) is 9.15. The maximum absolute atomic E-state index is 12.6. The van der Waals surface area contributed by atoms with E-state index in [1.165, 1.54) is 11.8 Å². The van der Waals surface area contributed by atoms with Crippen LogP contribution in [0, 0.1) is 0 Å². The number of rotatable bonds is 8. The van der Waals surface area contributed by atoms with Crippen LogP contribution < -0.4 is 10.6 Å². The van der Waals surface area contributed by atoms with E-state index in [2.05, 4.69) is 10.6 Å². The number of hydrogen-bond acceptors (Lipinski definition) is 3. The van der Waals surface area contributed by atoms with E-state index in [0.29, 0.717) is 28.6 Å². The molecule has 0 spiro atoms. The first-order valence-corrected chi connectivity index (χ1v) is 10.7. The summed E-state index contributed by atoms with van der Waals surface area (Å²) in [5, 5.41) is 6.42. The summed E-state index contributed by atoms with van der Waals surface area (Å²) in [7, 11) is 0. The van der Waals surface area contributed by atoms with E-state index in [9.17, 15) is 9.59 Å². The lowest BCUT2D eigenvalue weighted by molar-refractivity contribution is -0.113. The van der Waals surface area contributed by atoms with Crippen LogP contribution in [-0.4, -0.2) is 17.6 Å². The molecule has 6 heteroatoms. The molecule has 148 valence electrons. The van der Waals surface area contributed by atoms with Gasteiger partial charge >= 0.3 is 0 Å². The van der Waals surface area contributed by atoms with Crippen LogP contribution in [0.1, 0.15) is 21.5 Å². The van der Waals surface area contributed by atoms with Crippen LogP contribution in [0.5, 0.6) is 0 Å². The maximum atomic E-state index is 12.6. The Morgan fingerprint density at radius 1 is 0.862 bits per heavy atom. The quantitative estimate of drug-likeness (QED) is 0.526. The second-order valence-corrected chi connectivity index (χ2v) is 7.74. The molecule has 0 bridgehead atoms. The first-order chi connectivity index (χ1) is 14.1. The molecule has 4 nitrogen and oxygen atoms in total. The summed E-state index contributed by atoms with van der Waals surface area (Å²) in [5.74, 6) is 0.524. The smallest absolute Gasteiger partial charge is 0.253 e. The Balaban J connectivity index is 1.54. The summed E-state index contributed by atoms with van der Waals surface area (Å²) in [6, 6.07) is 24.3. The molecule has 3 aromatic carbocycles. The average molecular weight is 425 g/mol. The summed E-state index contributed by atoms with van der Waals surface area (Å²) in [6.45, 7) is 0.426. The van der Waals surface area contributed by atoms with Gasteiger partial charge in [0.15, 0.2) is 0 Å². The number of nitrogens with one attached hydrogen (secondary N) is 2. The number of hydrogen-bond donors (Lipinski definition) is 2. The largest absolute Gasteiger partial charge is 0.348 e. The second kappa shape index (κ2) is 10.7. The summed E-state index contributed by atoms with van der Waals surface area (Å²) < 4.78 is 0. The zero-order valence-electron chi connectivity index (χ0n) is 15.7. The third-order valence-corrected chi connectivity index (χ3v) is 5.54. The van der Waals surface area contributed by atoms with Gasteiger partial charge in [-0.25, -0.2) is 0 Å². The number of halogens is 1. The van der Waals surface area contributed by atoms with Crippen molar-refractivity contribution < 1.29 is 9.59 Å². The van der Waals surface area contributed by atoms with Crippen molar-refractivity contribution in [3.05, 3.63) is 101 Å². The number of amides is 2. The second-order valence-electron chi connectivity index (χ2n) is 6.35. The molecule has 29 heavy (non-hydrogen) atoms. The van der Waals surface area contributed by atoms with Crippen LogP contribution in [0.25, 0.3) is 0 Å². The van der Waals surface area contributed by atoms with Gasteiger partial charge in [0, 0.05) is 17.3 Å². The van der Waals surface area contributed by atoms with Crippen LogP contribution in [-0.2, 0) is 17.1 Å². The minimum Gasteiger partial charge on any atom is -0.348 e. The SMILES string of the molecule is O=C(CSCc1ccccc1Cl)Nc1ccccc1C(=O)NCc1ccccc1. The summed E-state index contributed by atoms with van der Waals surface area (Å²) in [5.41, 5.74) is 2.94. The van der Waals surface area contributed by atoms with Gasteiger partial charge in [0.2, 0.25) is 5.91 Å². The highest BCUT2D eigenvalue weighted by atomic mass is 35.5. The number of benzene rings is 3. The molecule has 0 unspecified atom stereocenters. The van der Waals surface area contributed by atoms with Gasteiger partial charge in [-0.2, -0.15) is 0 Å². The van der Waals surface area contributed by atoms with E-state index in [0.717, 1.165) is 11.1 Å².